The molecule has 0 aliphatic heterocycles. The lowest BCUT2D eigenvalue weighted by Gasteiger charge is -2.11. The molecule has 1 heterocycles. The smallest absolute Gasteiger partial charge is 0.330 e. The second-order valence-corrected chi connectivity index (χ2v) is 4.11. The van der Waals surface area contributed by atoms with Crippen molar-refractivity contribution in [1.82, 2.24) is 20.2 Å². The molecule has 2 aromatic rings. The molecule has 0 saturated heterocycles. The van der Waals surface area contributed by atoms with Gasteiger partial charge in [0.2, 0.25) is 0 Å². The van der Waals surface area contributed by atoms with Gasteiger partial charge in [0, 0.05) is 6.42 Å². The molecule has 1 aromatic carbocycles. The molecule has 9 heteroatoms. The number of halogens is 4. The van der Waals surface area contributed by atoms with Crippen molar-refractivity contribution in [3.63, 3.8) is 0 Å². The number of hydrogen-bond acceptors (Lipinski definition) is 4. The number of nitrogens with zero attached hydrogens (tertiary/aromatic N) is 4. The quantitative estimate of drug-likeness (QED) is 0.937. The molecule has 1 aromatic heterocycles. The van der Waals surface area contributed by atoms with E-state index in [2.05, 4.69) is 15.5 Å². The number of alkyl halides is 3. The molecular formula is C10H9ClF3N5. The monoisotopic (exact) mass is 291 g/mol. The van der Waals surface area contributed by atoms with E-state index in [1.54, 1.807) is 0 Å². The van der Waals surface area contributed by atoms with Crippen LogP contribution in [0.15, 0.2) is 18.2 Å². The van der Waals surface area contributed by atoms with Crippen molar-refractivity contribution in [2.75, 3.05) is 6.54 Å². The SMILES string of the molecule is NCCc1nnnn1-c1ccc(Cl)c(C(F)(F)F)c1. The molecule has 0 amide bonds. The summed E-state index contributed by atoms with van der Waals surface area (Å²) in [6.45, 7) is 0.292. The molecule has 0 atom stereocenters. The van der Waals surface area contributed by atoms with Gasteiger partial charge in [-0.3, -0.25) is 0 Å². The van der Waals surface area contributed by atoms with E-state index in [-0.39, 0.29) is 10.7 Å². The molecular weight excluding hydrogens is 283 g/mol. The van der Waals surface area contributed by atoms with Gasteiger partial charge in [-0.05, 0) is 35.2 Å². The largest absolute Gasteiger partial charge is 0.417 e. The minimum atomic E-state index is -4.53. The van der Waals surface area contributed by atoms with Gasteiger partial charge in [0.25, 0.3) is 0 Å². The first-order valence-corrected chi connectivity index (χ1v) is 5.65. The highest BCUT2D eigenvalue weighted by Gasteiger charge is 2.33. The van der Waals surface area contributed by atoms with Gasteiger partial charge in [0.1, 0.15) is 0 Å². The van der Waals surface area contributed by atoms with Crippen molar-refractivity contribution in [3.05, 3.63) is 34.6 Å². The third-order valence-corrected chi connectivity index (χ3v) is 2.73. The van der Waals surface area contributed by atoms with Crippen LogP contribution in [0.25, 0.3) is 5.69 Å². The highest BCUT2D eigenvalue weighted by molar-refractivity contribution is 6.31. The Bertz CT molecular complexity index is 581. The molecule has 0 radical (unpaired) electrons. The zero-order chi connectivity index (χ0) is 14.0. The zero-order valence-corrected chi connectivity index (χ0v) is 10.3. The van der Waals surface area contributed by atoms with Crippen LogP contribution in [0.1, 0.15) is 11.4 Å². The van der Waals surface area contributed by atoms with Gasteiger partial charge in [0.05, 0.1) is 16.3 Å². The number of aromatic nitrogens is 4. The van der Waals surface area contributed by atoms with Crippen LogP contribution < -0.4 is 5.73 Å². The van der Waals surface area contributed by atoms with E-state index in [0.717, 1.165) is 12.1 Å². The van der Waals surface area contributed by atoms with E-state index >= 15 is 0 Å². The second-order valence-electron chi connectivity index (χ2n) is 3.71. The Hall–Kier alpha value is -1.67. The van der Waals surface area contributed by atoms with Crippen LogP contribution in [-0.4, -0.2) is 26.8 Å². The molecule has 0 unspecified atom stereocenters. The van der Waals surface area contributed by atoms with Crippen molar-refractivity contribution in [2.45, 2.75) is 12.6 Å². The van der Waals surface area contributed by atoms with E-state index in [4.69, 9.17) is 17.3 Å². The van der Waals surface area contributed by atoms with Crippen LogP contribution in [-0.2, 0) is 12.6 Å². The molecule has 102 valence electrons. The lowest BCUT2D eigenvalue weighted by Crippen LogP contribution is -2.12. The number of hydrogen-bond donors (Lipinski definition) is 1. The molecule has 5 nitrogen and oxygen atoms in total. The first-order chi connectivity index (χ1) is 8.93. The van der Waals surface area contributed by atoms with Crippen molar-refractivity contribution in [2.24, 2.45) is 5.73 Å². The average molecular weight is 292 g/mol. The Balaban J connectivity index is 2.49. The minimum Gasteiger partial charge on any atom is -0.330 e. The molecule has 2 N–H and O–H groups in total. The Morgan fingerprint density at radius 1 is 1.32 bits per heavy atom. The molecule has 0 aliphatic rings. The maximum absolute atomic E-state index is 12.8. The maximum Gasteiger partial charge on any atom is 0.417 e. The number of benzene rings is 1. The Morgan fingerprint density at radius 2 is 2.05 bits per heavy atom. The molecule has 2 rings (SSSR count). The molecule has 0 aliphatic carbocycles. The zero-order valence-electron chi connectivity index (χ0n) is 9.52. The van der Waals surface area contributed by atoms with Crippen molar-refractivity contribution in [3.8, 4) is 5.69 Å². The fraction of sp³-hybridized carbons (Fsp3) is 0.300. The van der Waals surface area contributed by atoms with E-state index in [1.807, 2.05) is 0 Å². The van der Waals surface area contributed by atoms with Crippen molar-refractivity contribution in [1.29, 1.82) is 0 Å². The maximum atomic E-state index is 12.8. The molecule has 0 saturated carbocycles. The summed E-state index contributed by atoms with van der Waals surface area (Å²) < 4.78 is 39.5. The number of tetrazole rings is 1. The predicted octanol–water partition coefficient (Wildman–Crippen LogP) is 1.84. The van der Waals surface area contributed by atoms with Gasteiger partial charge in [0.15, 0.2) is 5.82 Å². The first-order valence-electron chi connectivity index (χ1n) is 5.28. The van der Waals surface area contributed by atoms with E-state index < -0.39 is 11.7 Å². The minimum absolute atomic E-state index is 0.185. The topological polar surface area (TPSA) is 69.6 Å². The van der Waals surface area contributed by atoms with Crippen LogP contribution >= 0.6 is 11.6 Å². The summed E-state index contributed by atoms with van der Waals surface area (Å²) in [6.07, 6.45) is -4.17. The molecule has 0 fully saturated rings. The standard InChI is InChI=1S/C10H9ClF3N5/c11-8-2-1-6(5-7(8)10(12,13)14)19-9(3-4-15)16-17-18-19/h1-2,5H,3-4,15H2. The van der Waals surface area contributed by atoms with Crippen LogP contribution in [0.4, 0.5) is 13.2 Å². The first kappa shape index (κ1) is 13.8. The molecule has 0 spiro atoms. The third kappa shape index (κ3) is 2.85. The summed E-state index contributed by atoms with van der Waals surface area (Å²) in [5.41, 5.74) is 4.64. The Labute approximate surface area is 111 Å². The highest BCUT2D eigenvalue weighted by Crippen LogP contribution is 2.35. The van der Waals surface area contributed by atoms with Gasteiger partial charge >= 0.3 is 6.18 Å². The lowest BCUT2D eigenvalue weighted by molar-refractivity contribution is -0.137. The second kappa shape index (κ2) is 5.14. The summed E-state index contributed by atoms with van der Waals surface area (Å²) in [7, 11) is 0. The fourth-order valence-corrected chi connectivity index (χ4v) is 1.78. The molecule has 19 heavy (non-hydrogen) atoms. The molecule has 0 bridgehead atoms. The normalized spacial score (nSPS) is 11.8. The van der Waals surface area contributed by atoms with E-state index in [9.17, 15) is 13.2 Å². The highest BCUT2D eigenvalue weighted by atomic mass is 35.5. The van der Waals surface area contributed by atoms with E-state index in [1.165, 1.54) is 10.7 Å². The lowest BCUT2D eigenvalue weighted by atomic mass is 10.2. The van der Waals surface area contributed by atoms with Crippen molar-refractivity contribution >= 4 is 11.6 Å². The Kier molecular flexibility index (Phi) is 3.72. The van der Waals surface area contributed by atoms with Gasteiger partial charge in [-0.1, -0.05) is 11.6 Å². The summed E-state index contributed by atoms with van der Waals surface area (Å²) in [5.74, 6) is 0.387. The predicted molar refractivity (Wildman–Crippen MR) is 61.9 cm³/mol. The van der Waals surface area contributed by atoms with Gasteiger partial charge < -0.3 is 5.73 Å². The number of nitrogens with two attached hydrogens (primary N) is 1. The summed E-state index contributed by atoms with van der Waals surface area (Å²) >= 11 is 5.54. The number of rotatable bonds is 3. The third-order valence-electron chi connectivity index (χ3n) is 2.40. The van der Waals surface area contributed by atoms with Gasteiger partial charge in [-0.2, -0.15) is 17.9 Å². The van der Waals surface area contributed by atoms with E-state index in [0.29, 0.717) is 18.8 Å². The van der Waals surface area contributed by atoms with Gasteiger partial charge in [-0.25, -0.2) is 0 Å². The van der Waals surface area contributed by atoms with Crippen LogP contribution in [0.3, 0.4) is 0 Å². The van der Waals surface area contributed by atoms with Crippen LogP contribution in [0.2, 0.25) is 5.02 Å². The average Bonchev–Trinajstić information content (AvgIpc) is 2.77. The summed E-state index contributed by atoms with van der Waals surface area (Å²) in [5, 5.41) is 10.4. The van der Waals surface area contributed by atoms with Gasteiger partial charge in [-0.15, -0.1) is 5.10 Å². The Morgan fingerprint density at radius 3 is 2.68 bits per heavy atom. The van der Waals surface area contributed by atoms with Crippen LogP contribution in [0.5, 0.6) is 0 Å². The summed E-state index contributed by atoms with van der Waals surface area (Å²) in [6, 6.07) is 3.47. The van der Waals surface area contributed by atoms with Crippen molar-refractivity contribution < 1.29 is 13.2 Å². The van der Waals surface area contributed by atoms with Crippen LogP contribution in [0, 0.1) is 0 Å². The summed E-state index contributed by atoms with van der Waals surface area (Å²) in [4.78, 5) is 0. The fourth-order valence-electron chi connectivity index (χ4n) is 1.55.